The summed E-state index contributed by atoms with van der Waals surface area (Å²) in [6.07, 6.45) is 4.70. The first-order chi connectivity index (χ1) is 16.2. The van der Waals surface area contributed by atoms with E-state index in [1.165, 1.54) is 30.6 Å². The molecule has 1 amide bonds. The average molecular weight is 474 g/mol. The van der Waals surface area contributed by atoms with Gasteiger partial charge in [0.1, 0.15) is 11.5 Å². The van der Waals surface area contributed by atoms with E-state index in [1.54, 1.807) is 12.1 Å². The molecule has 0 spiro atoms. The molecule has 6 fully saturated rings. The third kappa shape index (κ3) is 3.22. The molecular weight excluding hydrogens is 443 g/mol. The summed E-state index contributed by atoms with van der Waals surface area (Å²) in [5.74, 6) is -0.604. The van der Waals surface area contributed by atoms with Gasteiger partial charge in [0.15, 0.2) is 5.65 Å². The number of nitrogens with two attached hydrogens (primary N) is 1. The van der Waals surface area contributed by atoms with Crippen LogP contribution in [0.3, 0.4) is 0 Å². The smallest absolute Gasteiger partial charge is 0.252 e. The summed E-state index contributed by atoms with van der Waals surface area (Å²) in [4.78, 5) is 27.4. The van der Waals surface area contributed by atoms with Gasteiger partial charge in [-0.05, 0) is 74.8 Å². The van der Waals surface area contributed by atoms with Crippen molar-refractivity contribution in [2.75, 3.05) is 6.54 Å². The largest absolute Gasteiger partial charge is 0.339 e. The zero-order chi connectivity index (χ0) is 23.5. The van der Waals surface area contributed by atoms with Crippen LogP contribution in [0.1, 0.15) is 81.4 Å². The molecule has 9 heteroatoms. The molecule has 8 rings (SSSR count). The summed E-state index contributed by atoms with van der Waals surface area (Å²) >= 11 is 0. The number of pyridine rings is 1. The fourth-order valence-electron chi connectivity index (χ4n) is 7.02. The van der Waals surface area contributed by atoms with Gasteiger partial charge in [-0.25, -0.2) is 23.1 Å². The molecule has 0 radical (unpaired) electrons. The highest BCUT2D eigenvalue weighted by atomic mass is 19.3. The Kier molecular flexibility index (Phi) is 4.19. The van der Waals surface area contributed by atoms with E-state index in [1.807, 2.05) is 0 Å². The van der Waals surface area contributed by atoms with E-state index < -0.39 is 29.5 Å². The van der Waals surface area contributed by atoms with Crippen LogP contribution in [0.4, 0.5) is 13.2 Å². The highest BCUT2D eigenvalue weighted by molar-refractivity contribution is 5.87. The number of rotatable bonds is 6. The predicted molar refractivity (Wildman–Crippen MR) is 119 cm³/mol. The van der Waals surface area contributed by atoms with Crippen molar-refractivity contribution in [1.29, 1.82) is 0 Å². The Hall–Kier alpha value is -2.16. The summed E-state index contributed by atoms with van der Waals surface area (Å²) in [7, 11) is 0. The number of fused-ring (bicyclic) bond motifs is 1. The minimum Gasteiger partial charge on any atom is -0.339 e. The van der Waals surface area contributed by atoms with Crippen LogP contribution >= 0.6 is 0 Å². The van der Waals surface area contributed by atoms with Gasteiger partial charge in [0.25, 0.3) is 5.92 Å². The van der Waals surface area contributed by atoms with E-state index in [4.69, 9.17) is 5.73 Å². The van der Waals surface area contributed by atoms with Gasteiger partial charge in [-0.3, -0.25) is 4.79 Å². The number of aromatic amines is 1. The van der Waals surface area contributed by atoms with Crippen molar-refractivity contribution in [3.8, 4) is 0 Å². The second-order valence-corrected chi connectivity index (χ2v) is 11.8. The van der Waals surface area contributed by atoms with Gasteiger partial charge in [-0.15, -0.1) is 0 Å². The minimum absolute atomic E-state index is 0.0433. The normalized spacial score (nSPS) is 35.2. The van der Waals surface area contributed by atoms with Crippen LogP contribution in [0.15, 0.2) is 12.1 Å². The van der Waals surface area contributed by atoms with Crippen molar-refractivity contribution < 1.29 is 18.0 Å². The topological polar surface area (TPSA) is 87.9 Å². The Morgan fingerprint density at radius 2 is 1.76 bits per heavy atom. The molecule has 182 valence electrons. The van der Waals surface area contributed by atoms with Crippen molar-refractivity contribution >= 4 is 17.1 Å². The zero-order valence-electron chi connectivity index (χ0n) is 19.1. The number of alkyl halides is 3. The molecule has 2 unspecified atom stereocenters. The molecule has 5 saturated carbocycles. The number of amides is 1. The van der Waals surface area contributed by atoms with Crippen LogP contribution in [0, 0.1) is 23.2 Å². The highest BCUT2D eigenvalue weighted by Crippen LogP contribution is 2.70. The van der Waals surface area contributed by atoms with E-state index in [0.29, 0.717) is 34.9 Å². The van der Waals surface area contributed by atoms with Crippen molar-refractivity contribution in [1.82, 2.24) is 19.9 Å². The molecule has 1 saturated heterocycles. The molecule has 6 nitrogen and oxygen atoms in total. The third-order valence-corrected chi connectivity index (χ3v) is 9.06. The number of nitrogens with zero attached hydrogens (tertiary/aromatic N) is 3. The van der Waals surface area contributed by atoms with Crippen LogP contribution in [0.2, 0.25) is 0 Å². The second kappa shape index (κ2) is 6.74. The van der Waals surface area contributed by atoms with Crippen LogP contribution in [0.25, 0.3) is 11.2 Å². The first kappa shape index (κ1) is 21.1. The predicted octanol–water partition coefficient (Wildman–Crippen LogP) is 4.58. The Bertz CT molecular complexity index is 1140. The first-order valence-electron chi connectivity index (χ1n) is 12.7. The number of aromatic nitrogens is 3. The molecule has 2 atom stereocenters. The summed E-state index contributed by atoms with van der Waals surface area (Å²) in [5, 5.41) is 0. The molecule has 3 heterocycles. The molecule has 5 aliphatic carbocycles. The van der Waals surface area contributed by atoms with Crippen molar-refractivity contribution in [3.05, 3.63) is 23.7 Å². The van der Waals surface area contributed by atoms with Gasteiger partial charge < -0.3 is 15.6 Å². The summed E-state index contributed by atoms with van der Waals surface area (Å²) in [6.45, 7) is -0.0433. The second-order valence-electron chi connectivity index (χ2n) is 11.8. The number of imidazole rings is 1. The van der Waals surface area contributed by atoms with Crippen molar-refractivity contribution in [3.63, 3.8) is 0 Å². The van der Waals surface area contributed by atoms with Crippen molar-refractivity contribution in [2.45, 2.75) is 81.5 Å². The Labute approximate surface area is 195 Å². The van der Waals surface area contributed by atoms with Gasteiger partial charge >= 0.3 is 0 Å². The van der Waals surface area contributed by atoms with Gasteiger partial charge in [0, 0.05) is 19.4 Å². The quantitative estimate of drug-likeness (QED) is 0.643. The highest BCUT2D eigenvalue weighted by Gasteiger charge is 2.74. The summed E-state index contributed by atoms with van der Waals surface area (Å²) in [5.41, 5.74) is 6.31. The zero-order valence-corrected chi connectivity index (χ0v) is 19.1. The van der Waals surface area contributed by atoms with Crippen LogP contribution in [-0.4, -0.2) is 43.9 Å². The number of nitrogens with one attached hydrogen (secondary N) is 1. The average Bonchev–Trinajstić information content (AvgIpc) is 3.69. The number of carbonyl (C=O) groups excluding carboxylic acids is 1. The summed E-state index contributed by atoms with van der Waals surface area (Å²) in [6, 6.07) is 2.48. The summed E-state index contributed by atoms with van der Waals surface area (Å²) < 4.78 is 43.0. The number of likely N-dealkylation sites (tertiary alicyclic amines) is 1. The molecule has 6 aliphatic rings. The maximum absolute atomic E-state index is 14.5. The van der Waals surface area contributed by atoms with E-state index in [-0.39, 0.29) is 44.2 Å². The Morgan fingerprint density at radius 3 is 2.38 bits per heavy atom. The molecule has 3 N–H and O–H groups in total. The van der Waals surface area contributed by atoms with Crippen molar-refractivity contribution in [2.24, 2.45) is 28.9 Å². The minimum atomic E-state index is -2.88. The van der Waals surface area contributed by atoms with Crippen LogP contribution in [-0.2, 0) is 4.79 Å². The molecule has 2 aromatic heterocycles. The maximum atomic E-state index is 14.5. The third-order valence-electron chi connectivity index (χ3n) is 9.06. The SMILES string of the molecule is NC(c1nc2nc(C3CC(F)(F)CCN3C(=O)C34CC(F)(C3)C4)ccc2[nH]1)C(C1CC1)C1CC1. The van der Waals surface area contributed by atoms with E-state index in [9.17, 15) is 18.0 Å². The molecule has 2 bridgehead atoms. The molecule has 2 aromatic rings. The lowest BCUT2D eigenvalue weighted by Crippen LogP contribution is -2.71. The monoisotopic (exact) mass is 473 g/mol. The van der Waals surface area contributed by atoms with E-state index >= 15 is 0 Å². The fourth-order valence-corrected chi connectivity index (χ4v) is 7.02. The number of halogens is 3. The lowest BCUT2D eigenvalue weighted by atomic mass is 9.41. The van der Waals surface area contributed by atoms with Gasteiger partial charge in [0.05, 0.1) is 28.7 Å². The Morgan fingerprint density at radius 1 is 1.09 bits per heavy atom. The van der Waals surface area contributed by atoms with E-state index in [2.05, 4.69) is 15.0 Å². The van der Waals surface area contributed by atoms with Gasteiger partial charge in [-0.1, -0.05) is 0 Å². The van der Waals surface area contributed by atoms with Crippen LogP contribution in [0.5, 0.6) is 0 Å². The van der Waals surface area contributed by atoms with Crippen LogP contribution < -0.4 is 5.73 Å². The van der Waals surface area contributed by atoms with E-state index in [0.717, 1.165) is 5.52 Å². The van der Waals surface area contributed by atoms with Gasteiger partial charge in [-0.2, -0.15) is 0 Å². The number of H-pyrrole nitrogens is 1. The number of hydrogen-bond donors (Lipinski definition) is 2. The van der Waals surface area contributed by atoms with Gasteiger partial charge in [0.2, 0.25) is 5.91 Å². The lowest BCUT2D eigenvalue weighted by Gasteiger charge is -2.65. The number of carbonyl (C=O) groups is 1. The lowest BCUT2D eigenvalue weighted by molar-refractivity contribution is -0.227. The first-order valence-corrected chi connectivity index (χ1v) is 12.7. The molecule has 0 aromatic carbocycles. The number of piperidine rings is 1. The molecule has 34 heavy (non-hydrogen) atoms. The molecule has 1 aliphatic heterocycles. The molecular formula is C25H30F3N5O. The fraction of sp³-hybridized carbons (Fsp3) is 0.720. The standard InChI is InChI=1S/C25H30F3N5O/c26-24-10-23(11-24,12-24)22(34)33-8-7-25(27,28)9-17(33)15-5-6-16-20(30-15)32-21(31-16)19(29)18(13-1-2-13)14-3-4-14/h5-6,13-14,17-19H,1-4,7-12,29H2,(H,30,31,32). The maximum Gasteiger partial charge on any atom is 0.252 e. The Balaban J connectivity index is 1.18. The number of hydrogen-bond acceptors (Lipinski definition) is 4.